The van der Waals surface area contributed by atoms with Crippen molar-refractivity contribution in [2.45, 2.75) is 0 Å². The minimum Gasteiger partial charge on any atom is -0.495 e. The zero-order valence-electron chi connectivity index (χ0n) is 10.4. The Morgan fingerprint density at radius 3 is 2.53 bits per heavy atom. The van der Waals surface area contributed by atoms with Crippen molar-refractivity contribution in [2.24, 2.45) is 0 Å². The fourth-order valence-corrected chi connectivity index (χ4v) is 2.72. The van der Waals surface area contributed by atoms with Crippen LogP contribution in [0.25, 0.3) is 0 Å². The van der Waals surface area contributed by atoms with Crippen LogP contribution in [0.5, 0.6) is 5.75 Å². The number of rotatable bonds is 4. The van der Waals surface area contributed by atoms with Crippen LogP contribution in [0.4, 0.5) is 17.3 Å². The standard InChI is InChI=1S/C12H12Br2N4O/c1-15-11-5-16-6-12(18-11)17-9-4-10(19-2)8(14)3-7(9)13/h3-6H,1-2H3,(H2,15,17,18). The SMILES string of the molecule is CNc1cncc(Nc2cc(OC)c(Br)cc2Br)n1. The number of methoxy groups -OCH3 is 1. The summed E-state index contributed by atoms with van der Waals surface area (Å²) in [5.41, 5.74) is 0.850. The molecule has 0 amide bonds. The van der Waals surface area contributed by atoms with E-state index in [-0.39, 0.29) is 0 Å². The topological polar surface area (TPSA) is 59.1 Å². The van der Waals surface area contributed by atoms with Crippen molar-refractivity contribution in [1.29, 1.82) is 0 Å². The number of halogens is 2. The van der Waals surface area contributed by atoms with Crippen molar-refractivity contribution in [3.63, 3.8) is 0 Å². The van der Waals surface area contributed by atoms with Crippen molar-refractivity contribution in [3.05, 3.63) is 33.5 Å². The molecule has 0 aliphatic carbocycles. The first kappa shape index (κ1) is 14.1. The molecule has 0 radical (unpaired) electrons. The van der Waals surface area contributed by atoms with E-state index in [0.29, 0.717) is 11.6 Å². The lowest BCUT2D eigenvalue weighted by Gasteiger charge is -2.11. The number of benzene rings is 1. The molecule has 1 heterocycles. The number of aromatic nitrogens is 2. The van der Waals surface area contributed by atoms with Gasteiger partial charge < -0.3 is 15.4 Å². The normalized spacial score (nSPS) is 10.1. The van der Waals surface area contributed by atoms with E-state index in [1.165, 1.54) is 0 Å². The second-order valence-electron chi connectivity index (χ2n) is 3.63. The van der Waals surface area contributed by atoms with Gasteiger partial charge in [0.05, 0.1) is 29.7 Å². The van der Waals surface area contributed by atoms with E-state index in [4.69, 9.17) is 4.74 Å². The summed E-state index contributed by atoms with van der Waals surface area (Å²) in [5, 5.41) is 6.13. The molecule has 0 aliphatic heterocycles. The molecule has 5 nitrogen and oxygen atoms in total. The van der Waals surface area contributed by atoms with E-state index >= 15 is 0 Å². The number of nitrogens with one attached hydrogen (secondary N) is 2. The number of anilines is 3. The lowest BCUT2D eigenvalue weighted by Crippen LogP contribution is -1.99. The van der Waals surface area contributed by atoms with Crippen molar-refractivity contribution < 1.29 is 4.74 Å². The maximum Gasteiger partial charge on any atom is 0.151 e. The van der Waals surface area contributed by atoms with Gasteiger partial charge in [0.2, 0.25) is 0 Å². The van der Waals surface area contributed by atoms with Gasteiger partial charge in [-0.1, -0.05) is 0 Å². The molecule has 1 aromatic heterocycles. The van der Waals surface area contributed by atoms with Crippen LogP contribution < -0.4 is 15.4 Å². The first-order chi connectivity index (χ1) is 9.13. The van der Waals surface area contributed by atoms with Gasteiger partial charge in [0.15, 0.2) is 5.82 Å². The minimum absolute atomic E-state index is 0.650. The highest BCUT2D eigenvalue weighted by atomic mass is 79.9. The summed E-state index contributed by atoms with van der Waals surface area (Å²) < 4.78 is 7.04. The Morgan fingerprint density at radius 2 is 1.84 bits per heavy atom. The fraction of sp³-hybridized carbons (Fsp3) is 0.167. The molecule has 0 aliphatic rings. The molecule has 0 fully saturated rings. The third-order valence-electron chi connectivity index (χ3n) is 2.39. The minimum atomic E-state index is 0.650. The van der Waals surface area contributed by atoms with Gasteiger partial charge in [0.1, 0.15) is 11.6 Å². The third-order valence-corrected chi connectivity index (χ3v) is 3.67. The summed E-state index contributed by atoms with van der Waals surface area (Å²) in [5.74, 6) is 2.09. The van der Waals surface area contributed by atoms with E-state index in [9.17, 15) is 0 Å². The fourth-order valence-electron chi connectivity index (χ4n) is 1.47. The summed E-state index contributed by atoms with van der Waals surface area (Å²) in [4.78, 5) is 8.45. The molecule has 2 rings (SSSR count). The van der Waals surface area contributed by atoms with Gasteiger partial charge in [-0.3, -0.25) is 4.98 Å². The largest absolute Gasteiger partial charge is 0.495 e. The molecular weight excluding hydrogens is 376 g/mol. The van der Waals surface area contributed by atoms with E-state index in [2.05, 4.69) is 52.5 Å². The average molecular weight is 388 g/mol. The molecule has 19 heavy (non-hydrogen) atoms. The van der Waals surface area contributed by atoms with Crippen LogP contribution in [-0.2, 0) is 0 Å². The smallest absolute Gasteiger partial charge is 0.151 e. The summed E-state index contributed by atoms with van der Waals surface area (Å²) in [6.07, 6.45) is 3.31. The van der Waals surface area contributed by atoms with Crippen LogP contribution in [0.3, 0.4) is 0 Å². The molecule has 2 N–H and O–H groups in total. The van der Waals surface area contributed by atoms with Gasteiger partial charge >= 0.3 is 0 Å². The Hall–Kier alpha value is -1.34. The van der Waals surface area contributed by atoms with Gasteiger partial charge in [-0.05, 0) is 37.9 Å². The molecule has 0 bridgehead atoms. The van der Waals surface area contributed by atoms with Crippen LogP contribution in [0.2, 0.25) is 0 Å². The molecule has 1 aromatic carbocycles. The number of hydrogen-bond acceptors (Lipinski definition) is 5. The van der Waals surface area contributed by atoms with Gasteiger partial charge in [0, 0.05) is 17.6 Å². The highest BCUT2D eigenvalue weighted by molar-refractivity contribution is 9.11. The highest BCUT2D eigenvalue weighted by Gasteiger charge is 2.08. The predicted molar refractivity (Wildman–Crippen MR) is 83.3 cm³/mol. The Labute approximate surface area is 128 Å². The van der Waals surface area contributed by atoms with Crippen LogP contribution in [0.1, 0.15) is 0 Å². The third kappa shape index (κ3) is 3.36. The van der Waals surface area contributed by atoms with Gasteiger partial charge in [-0.2, -0.15) is 0 Å². The van der Waals surface area contributed by atoms with Crippen molar-refractivity contribution in [1.82, 2.24) is 9.97 Å². The van der Waals surface area contributed by atoms with Crippen LogP contribution in [-0.4, -0.2) is 24.1 Å². The Kier molecular flexibility index (Phi) is 4.60. The van der Waals surface area contributed by atoms with Crippen molar-refractivity contribution in [2.75, 3.05) is 24.8 Å². The molecule has 0 saturated carbocycles. The maximum absolute atomic E-state index is 5.27. The molecule has 0 atom stereocenters. The number of ether oxygens (including phenoxy) is 1. The number of hydrogen-bond donors (Lipinski definition) is 2. The van der Waals surface area contributed by atoms with E-state index in [1.807, 2.05) is 12.1 Å². The zero-order chi connectivity index (χ0) is 13.8. The van der Waals surface area contributed by atoms with Gasteiger partial charge in [-0.15, -0.1) is 0 Å². The summed E-state index contributed by atoms with van der Waals surface area (Å²) in [6, 6.07) is 3.79. The Morgan fingerprint density at radius 1 is 1.11 bits per heavy atom. The Bertz CT molecular complexity index is 592. The summed E-state index contributed by atoms with van der Waals surface area (Å²) >= 11 is 6.92. The molecule has 0 saturated heterocycles. The molecule has 2 aromatic rings. The van der Waals surface area contributed by atoms with Gasteiger partial charge in [0.25, 0.3) is 0 Å². The average Bonchev–Trinajstić information content (AvgIpc) is 2.42. The van der Waals surface area contributed by atoms with Crippen molar-refractivity contribution in [3.8, 4) is 5.75 Å². The van der Waals surface area contributed by atoms with Crippen LogP contribution in [0, 0.1) is 0 Å². The molecule has 0 unspecified atom stereocenters. The predicted octanol–water partition coefficient (Wildman–Crippen LogP) is 3.80. The highest BCUT2D eigenvalue weighted by Crippen LogP contribution is 2.35. The zero-order valence-corrected chi connectivity index (χ0v) is 13.5. The van der Waals surface area contributed by atoms with Crippen LogP contribution in [0.15, 0.2) is 33.5 Å². The molecular formula is C12H12Br2N4O. The maximum atomic E-state index is 5.27. The molecule has 7 heteroatoms. The first-order valence-electron chi connectivity index (χ1n) is 5.44. The van der Waals surface area contributed by atoms with Gasteiger partial charge in [-0.25, -0.2) is 4.98 Å². The summed E-state index contributed by atoms with van der Waals surface area (Å²) in [6.45, 7) is 0. The van der Waals surface area contributed by atoms with E-state index in [0.717, 1.165) is 20.4 Å². The van der Waals surface area contributed by atoms with E-state index < -0.39 is 0 Å². The lowest BCUT2D eigenvalue weighted by atomic mass is 10.3. The Balaban J connectivity index is 2.32. The second kappa shape index (κ2) is 6.21. The lowest BCUT2D eigenvalue weighted by molar-refractivity contribution is 0.412. The molecule has 100 valence electrons. The quantitative estimate of drug-likeness (QED) is 0.835. The number of nitrogens with zero attached hydrogens (tertiary/aromatic N) is 2. The van der Waals surface area contributed by atoms with Crippen LogP contribution >= 0.6 is 31.9 Å². The second-order valence-corrected chi connectivity index (χ2v) is 5.34. The molecule has 0 spiro atoms. The van der Waals surface area contributed by atoms with E-state index in [1.54, 1.807) is 26.6 Å². The summed E-state index contributed by atoms with van der Waals surface area (Å²) in [7, 11) is 3.42. The first-order valence-corrected chi connectivity index (χ1v) is 7.02. The van der Waals surface area contributed by atoms with Crippen molar-refractivity contribution >= 4 is 49.2 Å². The monoisotopic (exact) mass is 386 g/mol.